The zero-order valence-corrected chi connectivity index (χ0v) is 12.4. The highest BCUT2D eigenvalue weighted by atomic mass is 16.5. The van der Waals surface area contributed by atoms with Crippen LogP contribution < -0.4 is 4.74 Å². The number of allylic oxidation sites excluding steroid dienone is 1. The summed E-state index contributed by atoms with van der Waals surface area (Å²) in [7, 11) is 3.45. The molecule has 1 rings (SSSR count). The van der Waals surface area contributed by atoms with Crippen LogP contribution in [0.4, 0.5) is 0 Å². The summed E-state index contributed by atoms with van der Waals surface area (Å²) < 4.78 is 5.60. The summed E-state index contributed by atoms with van der Waals surface area (Å²) in [6, 6.07) is 6.12. The molecular weight excluding hydrogens is 236 g/mol. The van der Waals surface area contributed by atoms with Crippen molar-refractivity contribution in [1.82, 2.24) is 0 Å². The lowest BCUT2D eigenvalue weighted by atomic mass is 9.84. The molecule has 0 aromatic heterocycles. The standard InChI is InChI=1S/C16H22N2O/c1-16(2,3)13-9-7-8-12(15(13)19-6)14(18-5)10-11-17-4/h7-11H,4H2,1-3,5-6H3/b11-10-,18-14+. The number of nitrogens with zero attached hydrogens (tertiary/aromatic N) is 2. The van der Waals surface area contributed by atoms with Crippen molar-refractivity contribution in [2.75, 3.05) is 14.2 Å². The first kappa shape index (κ1) is 15.2. The molecular formula is C16H22N2O. The Morgan fingerprint density at radius 1 is 1.32 bits per heavy atom. The van der Waals surface area contributed by atoms with Gasteiger partial charge in [0.2, 0.25) is 0 Å². The first-order chi connectivity index (χ1) is 8.95. The fourth-order valence-corrected chi connectivity index (χ4v) is 1.96. The van der Waals surface area contributed by atoms with E-state index in [1.165, 1.54) is 0 Å². The van der Waals surface area contributed by atoms with Gasteiger partial charge in [0.25, 0.3) is 0 Å². The Bertz CT molecular complexity index is 508. The topological polar surface area (TPSA) is 34.0 Å². The first-order valence-electron chi connectivity index (χ1n) is 6.22. The van der Waals surface area contributed by atoms with Gasteiger partial charge in [0.1, 0.15) is 5.75 Å². The Morgan fingerprint density at radius 2 is 2.00 bits per heavy atom. The van der Waals surface area contributed by atoms with Crippen molar-refractivity contribution in [2.24, 2.45) is 9.98 Å². The predicted molar refractivity (Wildman–Crippen MR) is 82.8 cm³/mol. The van der Waals surface area contributed by atoms with Crippen LogP contribution in [0.3, 0.4) is 0 Å². The smallest absolute Gasteiger partial charge is 0.131 e. The minimum Gasteiger partial charge on any atom is -0.496 e. The summed E-state index contributed by atoms with van der Waals surface area (Å²) >= 11 is 0. The van der Waals surface area contributed by atoms with E-state index in [-0.39, 0.29) is 5.41 Å². The normalized spacial score (nSPS) is 12.8. The number of methoxy groups -OCH3 is 1. The SMILES string of the molecule is C=N/C=C\C(=N/C)c1cccc(C(C)(C)C)c1OC. The number of ether oxygens (including phenoxy) is 1. The summed E-state index contributed by atoms with van der Waals surface area (Å²) in [6.07, 6.45) is 3.46. The van der Waals surface area contributed by atoms with Gasteiger partial charge in [0.05, 0.1) is 12.8 Å². The minimum atomic E-state index is 0.0145. The fraction of sp³-hybridized carbons (Fsp3) is 0.375. The van der Waals surface area contributed by atoms with Crippen LogP contribution >= 0.6 is 0 Å². The van der Waals surface area contributed by atoms with Gasteiger partial charge < -0.3 is 4.74 Å². The molecule has 0 N–H and O–H groups in total. The highest BCUT2D eigenvalue weighted by Gasteiger charge is 2.21. The second-order valence-corrected chi connectivity index (χ2v) is 5.24. The molecule has 0 radical (unpaired) electrons. The molecule has 0 bridgehead atoms. The Kier molecular flexibility index (Phi) is 5.04. The molecule has 1 aromatic carbocycles. The van der Waals surface area contributed by atoms with Crippen molar-refractivity contribution in [3.05, 3.63) is 41.6 Å². The van der Waals surface area contributed by atoms with Gasteiger partial charge >= 0.3 is 0 Å². The second-order valence-electron chi connectivity index (χ2n) is 5.24. The first-order valence-corrected chi connectivity index (χ1v) is 6.22. The van der Waals surface area contributed by atoms with Crippen LogP contribution in [-0.4, -0.2) is 26.6 Å². The maximum absolute atomic E-state index is 5.60. The van der Waals surface area contributed by atoms with Crippen molar-refractivity contribution >= 4 is 12.4 Å². The number of rotatable bonds is 4. The van der Waals surface area contributed by atoms with Crippen molar-refractivity contribution in [1.29, 1.82) is 0 Å². The molecule has 0 unspecified atom stereocenters. The summed E-state index contributed by atoms with van der Waals surface area (Å²) in [6.45, 7) is 9.93. The van der Waals surface area contributed by atoms with Gasteiger partial charge in [0.15, 0.2) is 0 Å². The molecule has 1 aromatic rings. The number of hydrogen-bond acceptors (Lipinski definition) is 3. The molecule has 0 spiro atoms. The average Bonchev–Trinajstić information content (AvgIpc) is 2.38. The molecule has 0 fully saturated rings. The summed E-state index contributed by atoms with van der Waals surface area (Å²) in [5, 5.41) is 0. The van der Waals surface area contributed by atoms with Gasteiger partial charge in [0, 0.05) is 24.4 Å². The van der Waals surface area contributed by atoms with Gasteiger partial charge in [-0.15, -0.1) is 0 Å². The molecule has 0 aliphatic heterocycles. The summed E-state index contributed by atoms with van der Waals surface area (Å²) in [4.78, 5) is 8.01. The Balaban J connectivity index is 3.44. The van der Waals surface area contributed by atoms with E-state index in [4.69, 9.17) is 4.74 Å². The predicted octanol–water partition coefficient (Wildman–Crippen LogP) is 3.63. The van der Waals surface area contributed by atoms with Gasteiger partial charge in [-0.1, -0.05) is 32.9 Å². The van der Waals surface area contributed by atoms with E-state index in [0.29, 0.717) is 0 Å². The number of para-hydroxylation sites is 1. The van der Waals surface area contributed by atoms with E-state index in [1.54, 1.807) is 20.4 Å². The van der Waals surface area contributed by atoms with Crippen LogP contribution in [0.1, 0.15) is 31.9 Å². The van der Waals surface area contributed by atoms with Crippen LogP contribution in [0.25, 0.3) is 0 Å². The molecule has 3 heteroatoms. The zero-order valence-electron chi connectivity index (χ0n) is 12.4. The highest BCUT2D eigenvalue weighted by Crippen LogP contribution is 2.34. The maximum atomic E-state index is 5.60. The quantitative estimate of drug-likeness (QED) is 0.759. The van der Waals surface area contributed by atoms with Crippen LogP contribution in [0.5, 0.6) is 5.75 Å². The third-order valence-electron chi connectivity index (χ3n) is 2.88. The van der Waals surface area contributed by atoms with Gasteiger partial charge in [-0.05, 0) is 24.3 Å². The summed E-state index contributed by atoms with van der Waals surface area (Å²) in [5.41, 5.74) is 2.97. The second kappa shape index (κ2) is 6.32. The lowest BCUT2D eigenvalue weighted by Gasteiger charge is -2.23. The van der Waals surface area contributed by atoms with E-state index in [2.05, 4.69) is 43.5 Å². The van der Waals surface area contributed by atoms with Crippen LogP contribution in [0.2, 0.25) is 0 Å². The summed E-state index contributed by atoms with van der Waals surface area (Å²) in [5.74, 6) is 0.865. The molecule has 0 atom stereocenters. The third kappa shape index (κ3) is 3.53. The molecule has 0 aliphatic rings. The Morgan fingerprint density at radius 3 is 2.47 bits per heavy atom. The van der Waals surface area contributed by atoms with E-state index in [0.717, 1.165) is 22.6 Å². The molecule has 0 saturated carbocycles. The van der Waals surface area contributed by atoms with Crippen LogP contribution in [0, 0.1) is 0 Å². The average molecular weight is 258 g/mol. The zero-order chi connectivity index (χ0) is 14.5. The monoisotopic (exact) mass is 258 g/mol. The molecule has 0 saturated heterocycles. The maximum Gasteiger partial charge on any atom is 0.131 e. The van der Waals surface area contributed by atoms with Crippen molar-refractivity contribution in [2.45, 2.75) is 26.2 Å². The molecule has 102 valence electrons. The molecule has 3 nitrogen and oxygen atoms in total. The van der Waals surface area contributed by atoms with Gasteiger partial charge in [-0.2, -0.15) is 0 Å². The molecule has 19 heavy (non-hydrogen) atoms. The minimum absolute atomic E-state index is 0.0145. The van der Waals surface area contributed by atoms with Crippen LogP contribution in [-0.2, 0) is 5.41 Å². The largest absolute Gasteiger partial charge is 0.496 e. The number of aliphatic imine (C=N–C) groups is 2. The third-order valence-corrected chi connectivity index (χ3v) is 2.88. The fourth-order valence-electron chi connectivity index (χ4n) is 1.96. The van der Waals surface area contributed by atoms with Crippen molar-refractivity contribution < 1.29 is 4.74 Å². The van der Waals surface area contributed by atoms with Gasteiger partial charge in [-0.3, -0.25) is 9.98 Å². The van der Waals surface area contributed by atoms with E-state index in [9.17, 15) is 0 Å². The number of benzene rings is 1. The number of hydrogen-bond donors (Lipinski definition) is 0. The van der Waals surface area contributed by atoms with E-state index >= 15 is 0 Å². The van der Waals surface area contributed by atoms with Gasteiger partial charge in [-0.25, -0.2) is 0 Å². The molecule has 0 heterocycles. The molecule has 0 amide bonds. The molecule has 0 aliphatic carbocycles. The lowest BCUT2D eigenvalue weighted by Crippen LogP contribution is -2.15. The Hall–Kier alpha value is -1.90. The van der Waals surface area contributed by atoms with Crippen molar-refractivity contribution in [3.63, 3.8) is 0 Å². The van der Waals surface area contributed by atoms with E-state index < -0.39 is 0 Å². The van der Waals surface area contributed by atoms with Crippen molar-refractivity contribution in [3.8, 4) is 5.75 Å². The van der Waals surface area contributed by atoms with E-state index in [1.807, 2.05) is 18.2 Å². The van der Waals surface area contributed by atoms with Crippen LogP contribution in [0.15, 0.2) is 40.5 Å². The highest BCUT2D eigenvalue weighted by molar-refractivity contribution is 6.10. The lowest BCUT2D eigenvalue weighted by molar-refractivity contribution is 0.397. The Labute approximate surface area is 115 Å².